The van der Waals surface area contributed by atoms with Crippen LogP contribution in [0.15, 0.2) is 48.9 Å². The van der Waals surface area contributed by atoms with E-state index in [9.17, 15) is 0 Å². The molecule has 0 fully saturated rings. The lowest BCUT2D eigenvalue weighted by Gasteiger charge is -2.20. The number of anilines is 3. The van der Waals surface area contributed by atoms with Gasteiger partial charge in [0.15, 0.2) is 11.5 Å². The van der Waals surface area contributed by atoms with Gasteiger partial charge in [-0.3, -0.25) is 4.98 Å². The topological polar surface area (TPSA) is 91.5 Å². The lowest BCUT2D eigenvalue weighted by atomic mass is 10.0. The summed E-state index contributed by atoms with van der Waals surface area (Å²) in [7, 11) is 4.72. The van der Waals surface area contributed by atoms with Gasteiger partial charge >= 0.3 is 0 Å². The van der Waals surface area contributed by atoms with Crippen molar-refractivity contribution in [2.24, 2.45) is 0 Å². The molecule has 3 aromatic rings. The Balaban J connectivity index is 2.26. The number of ether oxygens (including phenoxy) is 3. The largest absolute Gasteiger partial charge is 0.493 e. The summed E-state index contributed by atoms with van der Waals surface area (Å²) in [6, 6.07) is 9.35. The minimum Gasteiger partial charge on any atom is -0.493 e. The van der Waals surface area contributed by atoms with E-state index in [0.29, 0.717) is 28.8 Å². The summed E-state index contributed by atoms with van der Waals surface area (Å²) in [5.74, 6) is 2.15. The molecule has 1 aromatic heterocycles. The molecular weight excluding hydrogens is 332 g/mol. The van der Waals surface area contributed by atoms with Crippen LogP contribution in [0.3, 0.4) is 0 Å². The maximum Gasteiger partial charge on any atom is 0.204 e. The van der Waals surface area contributed by atoms with Crippen LogP contribution in [-0.4, -0.2) is 31.3 Å². The number of nitrogen functional groups attached to an aromatic ring is 1. The number of rotatable bonds is 6. The number of hydrogen-bond donors (Lipinski definition) is 2. The van der Waals surface area contributed by atoms with Crippen molar-refractivity contribution in [2.45, 2.75) is 0 Å². The maximum atomic E-state index is 5.98. The van der Waals surface area contributed by atoms with E-state index in [-0.39, 0.29) is 0 Å². The van der Waals surface area contributed by atoms with Crippen LogP contribution >= 0.6 is 0 Å². The lowest BCUT2D eigenvalue weighted by molar-refractivity contribution is 0.325. The van der Waals surface area contributed by atoms with Gasteiger partial charge in [0.25, 0.3) is 0 Å². The number of benzene rings is 2. The Morgan fingerprint density at radius 1 is 0.962 bits per heavy atom. The molecule has 1 heterocycles. The van der Waals surface area contributed by atoms with E-state index in [0.717, 1.165) is 16.8 Å². The highest BCUT2D eigenvalue weighted by Gasteiger charge is 2.22. The second-order valence-corrected chi connectivity index (χ2v) is 5.41. The summed E-state index contributed by atoms with van der Waals surface area (Å²) >= 11 is 0. The summed E-state index contributed by atoms with van der Waals surface area (Å²) in [6.45, 7) is 0. The van der Waals surface area contributed by atoms with Gasteiger partial charge in [0.1, 0.15) is 5.82 Å². The first-order chi connectivity index (χ1) is 12.7. The molecule has 2 aromatic carbocycles. The summed E-state index contributed by atoms with van der Waals surface area (Å²) in [5, 5.41) is 3.26. The molecule has 26 heavy (non-hydrogen) atoms. The molecule has 0 spiro atoms. The molecule has 0 saturated heterocycles. The maximum absolute atomic E-state index is 5.98. The van der Waals surface area contributed by atoms with Gasteiger partial charge in [-0.05, 0) is 17.7 Å². The quantitative estimate of drug-likeness (QED) is 0.656. The van der Waals surface area contributed by atoms with Crippen LogP contribution in [0, 0.1) is 0 Å². The van der Waals surface area contributed by atoms with Crippen LogP contribution in [-0.2, 0) is 0 Å². The summed E-state index contributed by atoms with van der Waals surface area (Å²) in [5.41, 5.74) is 9.00. The highest BCUT2D eigenvalue weighted by Crippen LogP contribution is 2.49. The average Bonchev–Trinajstić information content (AvgIpc) is 2.67. The zero-order valence-corrected chi connectivity index (χ0v) is 14.8. The monoisotopic (exact) mass is 352 g/mol. The van der Waals surface area contributed by atoms with E-state index < -0.39 is 0 Å². The van der Waals surface area contributed by atoms with Crippen LogP contribution in [0.2, 0.25) is 0 Å². The number of hydrogen-bond acceptors (Lipinski definition) is 7. The molecule has 7 nitrogen and oxygen atoms in total. The molecular formula is C19H20N4O3. The van der Waals surface area contributed by atoms with Gasteiger partial charge < -0.3 is 25.3 Å². The lowest BCUT2D eigenvalue weighted by Crippen LogP contribution is -2.02. The summed E-state index contributed by atoms with van der Waals surface area (Å²) < 4.78 is 16.6. The molecule has 0 radical (unpaired) electrons. The zero-order chi connectivity index (χ0) is 18.5. The Bertz CT molecular complexity index is 901. The first-order valence-electron chi connectivity index (χ1n) is 7.89. The van der Waals surface area contributed by atoms with Crippen LogP contribution < -0.4 is 25.3 Å². The Morgan fingerprint density at radius 3 is 2.38 bits per heavy atom. The van der Waals surface area contributed by atoms with Crippen molar-refractivity contribution in [3.8, 4) is 28.4 Å². The number of methoxy groups -OCH3 is 3. The van der Waals surface area contributed by atoms with Crippen molar-refractivity contribution in [3.63, 3.8) is 0 Å². The third-order valence-electron chi connectivity index (χ3n) is 3.83. The first kappa shape index (κ1) is 17.3. The molecule has 3 N–H and O–H groups in total. The summed E-state index contributed by atoms with van der Waals surface area (Å²) in [4.78, 5) is 8.35. The Hall–Kier alpha value is -3.48. The molecule has 0 amide bonds. The van der Waals surface area contributed by atoms with Crippen molar-refractivity contribution in [1.29, 1.82) is 0 Å². The fourth-order valence-corrected chi connectivity index (χ4v) is 2.74. The molecule has 0 bridgehead atoms. The van der Waals surface area contributed by atoms with E-state index in [1.54, 1.807) is 39.9 Å². The molecule has 0 aliphatic rings. The van der Waals surface area contributed by atoms with Gasteiger partial charge in [-0.25, -0.2) is 4.98 Å². The number of nitrogens with zero attached hydrogens (tertiary/aromatic N) is 2. The minimum absolute atomic E-state index is 0.497. The molecule has 0 atom stereocenters. The molecule has 3 rings (SSSR count). The minimum atomic E-state index is 0.497. The Morgan fingerprint density at radius 2 is 1.77 bits per heavy atom. The second-order valence-electron chi connectivity index (χ2n) is 5.41. The Labute approximate surface area is 151 Å². The number of nitrogens with two attached hydrogens (primary N) is 1. The molecule has 0 saturated carbocycles. The highest BCUT2D eigenvalue weighted by molar-refractivity contribution is 5.90. The molecule has 7 heteroatoms. The average molecular weight is 352 g/mol. The second kappa shape index (κ2) is 7.60. The van der Waals surface area contributed by atoms with Gasteiger partial charge in [-0.15, -0.1) is 0 Å². The van der Waals surface area contributed by atoms with Crippen molar-refractivity contribution in [1.82, 2.24) is 9.97 Å². The van der Waals surface area contributed by atoms with Gasteiger partial charge in [0.2, 0.25) is 5.75 Å². The van der Waals surface area contributed by atoms with Crippen molar-refractivity contribution >= 4 is 17.2 Å². The number of nitrogens with one attached hydrogen (secondary N) is 1. The first-order valence-corrected chi connectivity index (χ1v) is 7.89. The molecule has 0 aliphatic carbocycles. The van der Waals surface area contributed by atoms with Gasteiger partial charge in [0.05, 0.1) is 38.8 Å². The predicted molar refractivity (Wildman–Crippen MR) is 101 cm³/mol. The normalized spacial score (nSPS) is 10.3. The van der Waals surface area contributed by atoms with Crippen molar-refractivity contribution in [2.75, 3.05) is 32.4 Å². The van der Waals surface area contributed by atoms with Gasteiger partial charge in [-0.2, -0.15) is 0 Å². The highest BCUT2D eigenvalue weighted by atomic mass is 16.5. The predicted octanol–water partition coefficient (Wildman–Crippen LogP) is 3.50. The third-order valence-corrected chi connectivity index (χ3v) is 3.83. The van der Waals surface area contributed by atoms with Crippen molar-refractivity contribution in [3.05, 3.63) is 48.9 Å². The smallest absolute Gasteiger partial charge is 0.204 e. The van der Waals surface area contributed by atoms with Crippen LogP contribution in [0.25, 0.3) is 11.1 Å². The molecule has 134 valence electrons. The molecule has 0 aliphatic heterocycles. The van der Waals surface area contributed by atoms with E-state index in [1.165, 1.54) is 0 Å². The van der Waals surface area contributed by atoms with E-state index in [4.69, 9.17) is 19.9 Å². The van der Waals surface area contributed by atoms with Gasteiger partial charge in [0, 0.05) is 24.1 Å². The van der Waals surface area contributed by atoms with E-state index in [2.05, 4.69) is 15.3 Å². The number of aromatic nitrogens is 2. The van der Waals surface area contributed by atoms with Crippen molar-refractivity contribution < 1.29 is 14.2 Å². The fourth-order valence-electron chi connectivity index (χ4n) is 2.74. The standard InChI is InChI=1S/C19H20N4O3/c1-24-15-10-14(23-16-11-21-7-8-22-16)17(19(26-3)18(15)25-2)12-5-4-6-13(20)9-12/h4-11H,20H2,1-3H3,(H,22,23). The third kappa shape index (κ3) is 3.32. The molecule has 0 unspecified atom stereocenters. The van der Waals surface area contributed by atoms with Gasteiger partial charge in [-0.1, -0.05) is 12.1 Å². The van der Waals surface area contributed by atoms with E-state index >= 15 is 0 Å². The van der Waals surface area contributed by atoms with Crippen LogP contribution in [0.4, 0.5) is 17.2 Å². The van der Waals surface area contributed by atoms with Crippen LogP contribution in [0.1, 0.15) is 0 Å². The zero-order valence-electron chi connectivity index (χ0n) is 14.8. The SMILES string of the molecule is COc1cc(Nc2cnccn2)c(-c2cccc(N)c2)c(OC)c1OC. The van der Waals surface area contributed by atoms with E-state index in [1.807, 2.05) is 30.3 Å². The van der Waals surface area contributed by atoms with Crippen LogP contribution in [0.5, 0.6) is 17.2 Å². The summed E-state index contributed by atoms with van der Waals surface area (Å²) in [6.07, 6.45) is 4.85. The Kier molecular flexibility index (Phi) is 5.07. The fraction of sp³-hybridized carbons (Fsp3) is 0.158.